The molecule has 5 nitrogen and oxygen atoms in total. The molecule has 0 bridgehead atoms. The van der Waals surface area contributed by atoms with Gasteiger partial charge >= 0.3 is 5.97 Å². The molecule has 3 rings (SSSR count). The first-order chi connectivity index (χ1) is 13.7. The Labute approximate surface area is 165 Å². The zero-order valence-corrected chi connectivity index (χ0v) is 16.1. The van der Waals surface area contributed by atoms with Crippen LogP contribution in [0.5, 0.6) is 5.75 Å². The van der Waals surface area contributed by atoms with Gasteiger partial charge in [-0.2, -0.15) is 10.2 Å². The van der Waals surface area contributed by atoms with E-state index in [0.29, 0.717) is 17.0 Å². The molecule has 0 fully saturated rings. The Bertz CT molecular complexity index is 916. The van der Waals surface area contributed by atoms with Crippen LogP contribution >= 0.6 is 0 Å². The van der Waals surface area contributed by atoms with E-state index in [0.717, 1.165) is 18.8 Å². The second kappa shape index (κ2) is 9.46. The summed E-state index contributed by atoms with van der Waals surface area (Å²) in [5.74, 6) is 0.0830. The Morgan fingerprint density at radius 2 is 1.32 bits per heavy atom. The van der Waals surface area contributed by atoms with Gasteiger partial charge in [0.2, 0.25) is 0 Å². The molecule has 5 heteroatoms. The molecule has 0 aliphatic carbocycles. The summed E-state index contributed by atoms with van der Waals surface area (Å²) in [6.45, 7) is 6.22. The maximum atomic E-state index is 12.1. The predicted molar refractivity (Wildman–Crippen MR) is 112 cm³/mol. The van der Waals surface area contributed by atoms with E-state index < -0.39 is 0 Å². The SMILES string of the molecule is CCN(CC)c1ccc(N=Nc2ccc(OC(=O)c3ccccc3)cc2)cc1. The van der Waals surface area contributed by atoms with Gasteiger partial charge in [0.25, 0.3) is 0 Å². The molecule has 0 aliphatic heterocycles. The fraction of sp³-hybridized carbons (Fsp3) is 0.174. The Morgan fingerprint density at radius 1 is 0.786 bits per heavy atom. The Kier molecular flexibility index (Phi) is 6.52. The Balaban J connectivity index is 1.61. The van der Waals surface area contributed by atoms with Crippen LogP contribution < -0.4 is 9.64 Å². The lowest BCUT2D eigenvalue weighted by Crippen LogP contribution is -2.21. The summed E-state index contributed by atoms with van der Waals surface area (Å²) >= 11 is 0. The number of anilines is 1. The zero-order chi connectivity index (χ0) is 19.8. The molecule has 0 amide bonds. The molecule has 142 valence electrons. The molecule has 0 spiro atoms. The van der Waals surface area contributed by atoms with Crippen molar-refractivity contribution < 1.29 is 9.53 Å². The first-order valence-corrected chi connectivity index (χ1v) is 9.33. The summed E-state index contributed by atoms with van der Waals surface area (Å²) in [4.78, 5) is 14.3. The maximum Gasteiger partial charge on any atom is 0.343 e. The monoisotopic (exact) mass is 373 g/mol. The Hall–Kier alpha value is -3.47. The molecule has 28 heavy (non-hydrogen) atoms. The van der Waals surface area contributed by atoms with Crippen LogP contribution in [-0.4, -0.2) is 19.1 Å². The van der Waals surface area contributed by atoms with Crippen molar-refractivity contribution in [2.24, 2.45) is 10.2 Å². The van der Waals surface area contributed by atoms with E-state index in [1.165, 1.54) is 5.69 Å². The van der Waals surface area contributed by atoms with E-state index in [1.54, 1.807) is 48.5 Å². The van der Waals surface area contributed by atoms with Gasteiger partial charge < -0.3 is 9.64 Å². The number of carbonyl (C=O) groups is 1. The lowest BCUT2D eigenvalue weighted by molar-refractivity contribution is 0.0735. The summed E-state index contributed by atoms with van der Waals surface area (Å²) in [5, 5.41) is 8.51. The van der Waals surface area contributed by atoms with Crippen molar-refractivity contribution in [2.45, 2.75) is 13.8 Å². The van der Waals surface area contributed by atoms with Gasteiger partial charge in [-0.15, -0.1) is 0 Å². The van der Waals surface area contributed by atoms with Crippen molar-refractivity contribution in [3.63, 3.8) is 0 Å². The van der Waals surface area contributed by atoms with Crippen LogP contribution in [0.25, 0.3) is 0 Å². The van der Waals surface area contributed by atoms with Gasteiger partial charge in [-0.3, -0.25) is 0 Å². The lowest BCUT2D eigenvalue weighted by atomic mass is 10.2. The molecule has 0 N–H and O–H groups in total. The van der Waals surface area contributed by atoms with Crippen molar-refractivity contribution in [2.75, 3.05) is 18.0 Å². The fourth-order valence-corrected chi connectivity index (χ4v) is 2.76. The number of esters is 1. The number of azo groups is 1. The average Bonchev–Trinajstić information content (AvgIpc) is 2.75. The normalized spacial score (nSPS) is 10.8. The minimum atomic E-state index is -0.386. The van der Waals surface area contributed by atoms with Crippen LogP contribution in [0.4, 0.5) is 17.1 Å². The van der Waals surface area contributed by atoms with Gasteiger partial charge in [0.15, 0.2) is 0 Å². The van der Waals surface area contributed by atoms with E-state index >= 15 is 0 Å². The number of hydrogen-bond donors (Lipinski definition) is 0. The first kappa shape index (κ1) is 19.3. The molecule has 0 aliphatic rings. The quantitative estimate of drug-likeness (QED) is 0.283. The molecule has 3 aromatic rings. The molecule has 0 atom stereocenters. The van der Waals surface area contributed by atoms with Crippen LogP contribution in [0.1, 0.15) is 24.2 Å². The molecule has 0 aromatic heterocycles. The van der Waals surface area contributed by atoms with Crippen molar-refractivity contribution in [1.82, 2.24) is 0 Å². The second-order valence-electron chi connectivity index (χ2n) is 6.14. The van der Waals surface area contributed by atoms with Crippen molar-refractivity contribution in [3.8, 4) is 5.75 Å². The number of rotatable bonds is 7. The zero-order valence-electron chi connectivity index (χ0n) is 16.1. The van der Waals surface area contributed by atoms with E-state index in [9.17, 15) is 4.79 Å². The summed E-state index contributed by atoms with van der Waals surface area (Å²) in [6.07, 6.45) is 0. The second-order valence-corrected chi connectivity index (χ2v) is 6.14. The smallest absolute Gasteiger partial charge is 0.343 e. The summed E-state index contributed by atoms with van der Waals surface area (Å²) in [7, 11) is 0. The number of nitrogens with zero attached hydrogens (tertiary/aromatic N) is 3. The van der Waals surface area contributed by atoms with Crippen LogP contribution in [0.2, 0.25) is 0 Å². The van der Waals surface area contributed by atoms with Crippen LogP contribution in [-0.2, 0) is 0 Å². The molecule has 3 aromatic carbocycles. The first-order valence-electron chi connectivity index (χ1n) is 9.33. The predicted octanol–water partition coefficient (Wildman–Crippen LogP) is 6.17. The van der Waals surface area contributed by atoms with Crippen molar-refractivity contribution in [3.05, 3.63) is 84.4 Å². The number of hydrogen-bond acceptors (Lipinski definition) is 5. The van der Waals surface area contributed by atoms with Gasteiger partial charge in [-0.1, -0.05) is 18.2 Å². The molecule has 0 unspecified atom stereocenters. The third-order valence-corrected chi connectivity index (χ3v) is 4.32. The number of benzene rings is 3. The summed E-state index contributed by atoms with van der Waals surface area (Å²) in [6, 6.07) is 23.8. The van der Waals surface area contributed by atoms with E-state index in [4.69, 9.17) is 4.74 Å². The van der Waals surface area contributed by atoms with Gasteiger partial charge in [0, 0.05) is 18.8 Å². The van der Waals surface area contributed by atoms with Gasteiger partial charge in [0.1, 0.15) is 5.75 Å². The minimum Gasteiger partial charge on any atom is -0.423 e. The minimum absolute atomic E-state index is 0.386. The fourth-order valence-electron chi connectivity index (χ4n) is 2.76. The highest BCUT2D eigenvalue weighted by atomic mass is 16.5. The molecular weight excluding hydrogens is 350 g/mol. The highest BCUT2D eigenvalue weighted by molar-refractivity contribution is 5.90. The van der Waals surface area contributed by atoms with Crippen LogP contribution in [0.3, 0.4) is 0 Å². The summed E-state index contributed by atoms with van der Waals surface area (Å²) < 4.78 is 5.36. The highest BCUT2D eigenvalue weighted by Crippen LogP contribution is 2.24. The molecule has 0 saturated carbocycles. The molecular formula is C23H23N3O2. The van der Waals surface area contributed by atoms with Gasteiger partial charge in [-0.05, 0) is 74.5 Å². The topological polar surface area (TPSA) is 54.3 Å². The lowest BCUT2D eigenvalue weighted by Gasteiger charge is -2.20. The summed E-state index contributed by atoms with van der Waals surface area (Å²) in [5.41, 5.74) is 3.16. The van der Waals surface area contributed by atoms with Crippen molar-refractivity contribution in [1.29, 1.82) is 0 Å². The van der Waals surface area contributed by atoms with Gasteiger partial charge in [-0.25, -0.2) is 4.79 Å². The van der Waals surface area contributed by atoms with Gasteiger partial charge in [0.05, 0.1) is 16.9 Å². The third kappa shape index (κ3) is 5.04. The van der Waals surface area contributed by atoms with Crippen LogP contribution in [0, 0.1) is 0 Å². The number of carbonyl (C=O) groups excluding carboxylic acids is 1. The largest absolute Gasteiger partial charge is 0.423 e. The van der Waals surface area contributed by atoms with Crippen molar-refractivity contribution >= 4 is 23.0 Å². The molecule has 0 heterocycles. The third-order valence-electron chi connectivity index (χ3n) is 4.32. The Morgan fingerprint density at radius 3 is 1.86 bits per heavy atom. The standard InChI is InChI=1S/C23H23N3O2/c1-3-26(4-2)21-14-10-19(11-15-21)24-25-20-12-16-22(17-13-20)28-23(27)18-8-6-5-7-9-18/h5-17H,3-4H2,1-2H3. The maximum absolute atomic E-state index is 12.1. The average molecular weight is 373 g/mol. The van der Waals surface area contributed by atoms with Crippen LogP contribution in [0.15, 0.2) is 89.1 Å². The van der Waals surface area contributed by atoms with E-state index in [-0.39, 0.29) is 5.97 Å². The molecule has 0 saturated heterocycles. The van der Waals surface area contributed by atoms with E-state index in [2.05, 4.69) is 29.0 Å². The number of ether oxygens (including phenoxy) is 1. The van der Waals surface area contributed by atoms with E-state index in [1.807, 2.05) is 30.3 Å². The molecule has 0 radical (unpaired) electrons. The highest BCUT2D eigenvalue weighted by Gasteiger charge is 2.07.